The monoisotopic (exact) mass is 611 g/mol. The first-order valence-corrected chi connectivity index (χ1v) is 17.7. The van der Waals surface area contributed by atoms with E-state index in [0.29, 0.717) is 23.7 Å². The molecule has 2 aliphatic rings. The second-order valence-electron chi connectivity index (χ2n) is 13.4. The fourth-order valence-electron chi connectivity index (χ4n) is 6.60. The Kier molecular flexibility index (Phi) is 10.1. The Bertz CT molecular complexity index is 1480. The molecule has 0 spiro atoms. The summed E-state index contributed by atoms with van der Waals surface area (Å²) in [7, 11) is 0. The topological polar surface area (TPSA) is 47.1 Å². The van der Waals surface area contributed by atoms with Crippen LogP contribution in [0.4, 0.5) is 22.9 Å². The molecule has 0 unspecified atom stereocenters. The van der Waals surface area contributed by atoms with E-state index in [2.05, 4.69) is 118 Å². The van der Waals surface area contributed by atoms with Gasteiger partial charge in [0, 0.05) is 23.1 Å². The molecule has 5 rings (SSSR count). The van der Waals surface area contributed by atoms with Gasteiger partial charge in [0.2, 0.25) is 0 Å². The third-order valence-corrected chi connectivity index (χ3v) is 9.75. The third-order valence-electron chi connectivity index (χ3n) is 8.98. The van der Waals surface area contributed by atoms with Crippen LogP contribution in [0.2, 0.25) is 0 Å². The zero-order valence-electron chi connectivity index (χ0n) is 28.3. The summed E-state index contributed by atoms with van der Waals surface area (Å²) >= 11 is 1.71. The summed E-state index contributed by atoms with van der Waals surface area (Å²) < 4.78 is 2.44. The van der Waals surface area contributed by atoms with E-state index in [4.69, 9.17) is 15.2 Å². The number of aromatic nitrogens is 1. The second-order valence-corrected chi connectivity index (χ2v) is 14.2. The van der Waals surface area contributed by atoms with Gasteiger partial charge in [-0.2, -0.15) is 0 Å². The number of guanidine groups is 1. The number of rotatable bonds is 9. The molecule has 44 heavy (non-hydrogen) atoms. The zero-order valence-corrected chi connectivity index (χ0v) is 29.1. The fraction of sp³-hybridized carbons (Fsp3) is 0.514. The van der Waals surface area contributed by atoms with Crippen LogP contribution in [-0.2, 0) is 0 Å². The molecule has 1 saturated heterocycles. The van der Waals surface area contributed by atoms with Gasteiger partial charge in [-0.3, -0.25) is 0 Å². The normalized spacial score (nSPS) is 15.9. The minimum absolute atomic E-state index is 0.385. The smallest absolute Gasteiger partial charge is 0.357 e. The molecule has 3 aromatic rings. The van der Waals surface area contributed by atoms with Crippen molar-refractivity contribution in [3.63, 3.8) is 0 Å². The first kappa shape index (κ1) is 32.2. The van der Waals surface area contributed by atoms with E-state index >= 15 is 0 Å². The molecule has 0 atom stereocenters. The molecule has 0 amide bonds. The van der Waals surface area contributed by atoms with Gasteiger partial charge in [0.15, 0.2) is 0 Å². The molecule has 0 bridgehead atoms. The van der Waals surface area contributed by atoms with E-state index in [0.717, 1.165) is 48.5 Å². The number of anilines is 2. The van der Waals surface area contributed by atoms with Crippen molar-refractivity contribution in [1.82, 2.24) is 4.98 Å². The Hall–Kier alpha value is -3.19. The van der Waals surface area contributed by atoms with Crippen LogP contribution in [0.3, 0.4) is 0 Å². The molecule has 7 heteroatoms. The van der Waals surface area contributed by atoms with Crippen molar-refractivity contribution < 1.29 is 4.58 Å². The lowest BCUT2D eigenvalue weighted by Crippen LogP contribution is -2.29. The number of azo groups is 1. The molecule has 0 radical (unpaired) electrons. The van der Waals surface area contributed by atoms with Gasteiger partial charge in [0.25, 0.3) is 0 Å². The quantitative estimate of drug-likeness (QED) is 0.137. The van der Waals surface area contributed by atoms with E-state index < -0.39 is 0 Å². The van der Waals surface area contributed by atoms with Crippen LogP contribution >= 0.6 is 11.8 Å². The number of hydrogen-bond acceptors (Lipinski definition) is 6. The van der Waals surface area contributed by atoms with Crippen LogP contribution < -0.4 is 9.80 Å². The highest BCUT2D eigenvalue weighted by molar-refractivity contribution is 7.98. The van der Waals surface area contributed by atoms with E-state index in [9.17, 15) is 0 Å². The first-order valence-electron chi connectivity index (χ1n) is 16.5. The maximum Gasteiger partial charge on any atom is 0.422 e. The van der Waals surface area contributed by atoms with E-state index in [1.54, 1.807) is 11.8 Å². The maximum absolute atomic E-state index is 5.17. The average molecular weight is 612 g/mol. The summed E-state index contributed by atoms with van der Waals surface area (Å²) in [6.07, 6.45) is 6.49. The van der Waals surface area contributed by atoms with Gasteiger partial charge in [-0.1, -0.05) is 96.9 Å². The van der Waals surface area contributed by atoms with E-state index in [-0.39, 0.29) is 0 Å². The summed E-state index contributed by atoms with van der Waals surface area (Å²) in [6.45, 7) is 22.2. The molecule has 0 N–H and O–H groups in total. The highest BCUT2D eigenvalue weighted by Crippen LogP contribution is 2.41. The predicted octanol–water partition coefficient (Wildman–Crippen LogP) is 10.2. The van der Waals surface area contributed by atoms with Gasteiger partial charge in [-0.05, 0) is 71.1 Å². The fourth-order valence-corrected chi connectivity index (χ4v) is 7.13. The molecule has 3 heterocycles. The maximum atomic E-state index is 5.17. The Balaban J connectivity index is 1.73. The number of para-hydroxylation sites is 2. The molecule has 0 saturated carbocycles. The van der Waals surface area contributed by atoms with Crippen LogP contribution in [0.25, 0.3) is 0 Å². The van der Waals surface area contributed by atoms with Gasteiger partial charge in [-0.25, -0.2) is 14.5 Å². The lowest BCUT2D eigenvalue weighted by molar-refractivity contribution is -0.431. The molecule has 234 valence electrons. The minimum Gasteiger partial charge on any atom is -0.357 e. The van der Waals surface area contributed by atoms with Crippen molar-refractivity contribution in [3.8, 4) is 0 Å². The number of thioether (sulfide) groups is 1. The largest absolute Gasteiger partial charge is 0.422 e. The van der Waals surface area contributed by atoms with Crippen LogP contribution in [0.15, 0.2) is 63.8 Å². The molecule has 6 nitrogen and oxygen atoms in total. The molecule has 2 aromatic carbocycles. The Morgan fingerprint density at radius 3 is 1.82 bits per heavy atom. The first-order chi connectivity index (χ1) is 21.1. The summed E-state index contributed by atoms with van der Waals surface area (Å²) in [4.78, 5) is 10.8. The summed E-state index contributed by atoms with van der Waals surface area (Å²) in [5, 5.41) is 10.2. The van der Waals surface area contributed by atoms with Crippen molar-refractivity contribution >= 4 is 40.6 Å². The number of pyridine rings is 1. The Labute approximate surface area is 269 Å². The van der Waals surface area contributed by atoms with Crippen molar-refractivity contribution in [3.05, 3.63) is 70.9 Å². The van der Waals surface area contributed by atoms with Crippen molar-refractivity contribution in [2.75, 3.05) is 42.2 Å². The lowest BCUT2D eigenvalue weighted by atomic mass is 9.92. The van der Waals surface area contributed by atoms with Crippen LogP contribution in [0, 0.1) is 0 Å². The average Bonchev–Trinajstić information content (AvgIpc) is 3.69. The SMILES string of the molecule is CSc1cc(N2CCCC2)ncc1/N=N/C1=[N+](c2c(C(C)C)cccc2C(C)C)CCN1c1c(C(C)C)cccc1C(C)C. The number of hydrogen-bond donors (Lipinski definition) is 0. The summed E-state index contributed by atoms with van der Waals surface area (Å²) in [5.41, 5.74) is 8.81. The van der Waals surface area contributed by atoms with Gasteiger partial charge in [0.05, 0.1) is 6.20 Å². The standard InChI is InChI=1S/C37H51N6S/c1-24(2)28-14-12-15-29(25(3)4)35(28)42-20-21-43(36-30(26(5)6)16-13-17-31(36)27(7)8)37(42)40-39-32-23-38-34(22-33(32)44-9)41-18-10-11-19-41/h12-17,22-27H,10-11,18-21H2,1-9H3/q+1. The van der Waals surface area contributed by atoms with Crippen LogP contribution in [0.5, 0.6) is 0 Å². The van der Waals surface area contributed by atoms with Gasteiger partial charge >= 0.3 is 5.96 Å². The van der Waals surface area contributed by atoms with Crippen molar-refractivity contribution in [1.29, 1.82) is 0 Å². The highest BCUT2D eigenvalue weighted by Gasteiger charge is 2.39. The zero-order chi connectivity index (χ0) is 31.5. The van der Waals surface area contributed by atoms with Crippen LogP contribution in [-0.4, -0.2) is 48.0 Å². The predicted molar refractivity (Wildman–Crippen MR) is 188 cm³/mol. The lowest BCUT2D eigenvalue weighted by Gasteiger charge is -2.23. The molecule has 1 aromatic heterocycles. The third kappa shape index (κ3) is 6.44. The van der Waals surface area contributed by atoms with Crippen molar-refractivity contribution in [2.24, 2.45) is 10.2 Å². The van der Waals surface area contributed by atoms with Crippen LogP contribution in [0.1, 0.15) is 114 Å². The summed E-state index contributed by atoms with van der Waals surface area (Å²) in [6, 6.07) is 15.8. The van der Waals surface area contributed by atoms with Crippen molar-refractivity contribution in [2.45, 2.75) is 96.8 Å². The number of benzene rings is 2. The number of nitrogens with zero attached hydrogens (tertiary/aromatic N) is 6. The van der Waals surface area contributed by atoms with Gasteiger partial charge < -0.3 is 4.90 Å². The van der Waals surface area contributed by atoms with Gasteiger partial charge in [0.1, 0.15) is 36.0 Å². The second kappa shape index (κ2) is 13.8. The van der Waals surface area contributed by atoms with E-state index in [1.165, 1.54) is 46.5 Å². The molecule has 2 aliphatic heterocycles. The highest BCUT2D eigenvalue weighted by atomic mass is 32.2. The van der Waals surface area contributed by atoms with E-state index in [1.807, 2.05) is 6.20 Å². The minimum atomic E-state index is 0.385. The Morgan fingerprint density at radius 2 is 1.30 bits per heavy atom. The molecular formula is C37H51N6S+. The molecule has 0 aliphatic carbocycles. The molecular weight excluding hydrogens is 561 g/mol. The summed E-state index contributed by atoms with van der Waals surface area (Å²) in [5.74, 6) is 3.48. The Morgan fingerprint density at radius 1 is 0.750 bits per heavy atom. The van der Waals surface area contributed by atoms with Gasteiger partial charge in [-0.15, -0.1) is 11.8 Å². The molecule has 1 fully saturated rings.